The molecule has 2 N–H and O–H groups in total. The van der Waals surface area contributed by atoms with E-state index < -0.39 is 0 Å². The van der Waals surface area contributed by atoms with Gasteiger partial charge < -0.3 is 5.32 Å². The molecular formula is C17H14FN3O. The summed E-state index contributed by atoms with van der Waals surface area (Å²) < 4.78 is 13.5. The SMILES string of the molecule is Cc1ccc(C(=O)Nc2cccc(-c3ccn[nH]3)c2)cc1F. The molecule has 1 aromatic heterocycles. The van der Waals surface area contributed by atoms with Gasteiger partial charge in [0.1, 0.15) is 5.82 Å². The third-order valence-corrected chi connectivity index (χ3v) is 3.37. The number of aromatic nitrogens is 2. The monoisotopic (exact) mass is 295 g/mol. The third-order valence-electron chi connectivity index (χ3n) is 3.37. The third kappa shape index (κ3) is 2.88. The maximum Gasteiger partial charge on any atom is 0.255 e. The van der Waals surface area contributed by atoms with Gasteiger partial charge in [0.25, 0.3) is 5.91 Å². The number of halogens is 1. The number of nitrogens with zero attached hydrogens (tertiary/aromatic N) is 1. The normalized spacial score (nSPS) is 10.5. The lowest BCUT2D eigenvalue weighted by molar-refractivity contribution is 0.102. The number of carbonyl (C=O) groups excluding carboxylic acids is 1. The van der Waals surface area contributed by atoms with Crippen LogP contribution in [0.1, 0.15) is 15.9 Å². The highest BCUT2D eigenvalue weighted by atomic mass is 19.1. The molecule has 2 aromatic carbocycles. The Hall–Kier alpha value is -2.95. The molecule has 0 saturated heterocycles. The summed E-state index contributed by atoms with van der Waals surface area (Å²) >= 11 is 0. The number of amides is 1. The molecule has 0 saturated carbocycles. The maximum atomic E-state index is 13.5. The van der Waals surface area contributed by atoms with Gasteiger partial charge in [-0.3, -0.25) is 9.89 Å². The summed E-state index contributed by atoms with van der Waals surface area (Å²) in [6.07, 6.45) is 1.66. The lowest BCUT2D eigenvalue weighted by atomic mass is 10.1. The average Bonchev–Trinajstić information content (AvgIpc) is 3.04. The number of nitrogens with one attached hydrogen (secondary N) is 2. The molecule has 110 valence electrons. The van der Waals surface area contributed by atoms with Gasteiger partial charge in [-0.05, 0) is 42.8 Å². The van der Waals surface area contributed by atoms with Crippen molar-refractivity contribution in [3.63, 3.8) is 0 Å². The molecule has 5 heteroatoms. The number of aryl methyl sites for hydroxylation is 1. The topological polar surface area (TPSA) is 57.8 Å². The number of carbonyl (C=O) groups is 1. The summed E-state index contributed by atoms with van der Waals surface area (Å²) in [5, 5.41) is 9.54. The summed E-state index contributed by atoms with van der Waals surface area (Å²) in [6, 6.07) is 13.6. The van der Waals surface area contributed by atoms with Crippen LogP contribution < -0.4 is 5.32 Å². The van der Waals surface area contributed by atoms with Crippen molar-refractivity contribution in [2.75, 3.05) is 5.32 Å². The minimum absolute atomic E-state index is 0.287. The van der Waals surface area contributed by atoms with Crippen LogP contribution in [0, 0.1) is 12.7 Å². The average molecular weight is 295 g/mol. The number of aromatic amines is 1. The van der Waals surface area contributed by atoms with Crippen molar-refractivity contribution >= 4 is 11.6 Å². The van der Waals surface area contributed by atoms with E-state index in [0.29, 0.717) is 11.3 Å². The summed E-state index contributed by atoms with van der Waals surface area (Å²) in [5.41, 5.74) is 3.20. The molecule has 0 radical (unpaired) electrons. The van der Waals surface area contributed by atoms with Crippen LogP contribution in [0.3, 0.4) is 0 Å². The van der Waals surface area contributed by atoms with E-state index in [1.54, 1.807) is 31.3 Å². The molecule has 22 heavy (non-hydrogen) atoms. The zero-order valence-electron chi connectivity index (χ0n) is 11.9. The molecule has 0 aliphatic carbocycles. The Labute approximate surface area is 127 Å². The number of H-pyrrole nitrogens is 1. The largest absolute Gasteiger partial charge is 0.322 e. The lowest BCUT2D eigenvalue weighted by Crippen LogP contribution is -2.12. The van der Waals surface area contributed by atoms with E-state index in [4.69, 9.17) is 0 Å². The second-order valence-corrected chi connectivity index (χ2v) is 4.97. The number of hydrogen-bond acceptors (Lipinski definition) is 2. The molecule has 3 rings (SSSR count). The van der Waals surface area contributed by atoms with E-state index in [9.17, 15) is 9.18 Å². The van der Waals surface area contributed by atoms with Crippen molar-refractivity contribution in [3.8, 4) is 11.3 Å². The van der Waals surface area contributed by atoms with E-state index in [-0.39, 0.29) is 17.3 Å². The summed E-state index contributed by atoms with van der Waals surface area (Å²) in [6.45, 7) is 1.66. The fourth-order valence-electron chi connectivity index (χ4n) is 2.12. The number of rotatable bonds is 3. The van der Waals surface area contributed by atoms with Crippen LogP contribution in [-0.2, 0) is 0 Å². The first-order valence-electron chi connectivity index (χ1n) is 6.81. The van der Waals surface area contributed by atoms with Crippen molar-refractivity contribution in [1.82, 2.24) is 10.2 Å². The molecule has 0 unspecified atom stereocenters. The molecule has 3 aromatic rings. The smallest absolute Gasteiger partial charge is 0.255 e. The fourth-order valence-corrected chi connectivity index (χ4v) is 2.12. The van der Waals surface area contributed by atoms with Gasteiger partial charge in [0.05, 0.1) is 5.69 Å². The van der Waals surface area contributed by atoms with E-state index in [2.05, 4.69) is 15.5 Å². The van der Waals surface area contributed by atoms with E-state index in [0.717, 1.165) is 11.3 Å². The van der Waals surface area contributed by atoms with Gasteiger partial charge in [-0.25, -0.2) is 4.39 Å². The van der Waals surface area contributed by atoms with Crippen molar-refractivity contribution in [3.05, 3.63) is 71.7 Å². The van der Waals surface area contributed by atoms with Gasteiger partial charge in [-0.1, -0.05) is 18.2 Å². The fraction of sp³-hybridized carbons (Fsp3) is 0.0588. The molecular weight excluding hydrogens is 281 g/mol. The standard InChI is InChI=1S/C17H14FN3O/c1-11-5-6-13(10-15(11)18)17(22)20-14-4-2-3-12(9-14)16-7-8-19-21-16/h2-10H,1H3,(H,19,21)(H,20,22). The molecule has 4 nitrogen and oxygen atoms in total. The molecule has 0 aliphatic heterocycles. The van der Waals surface area contributed by atoms with Crippen LogP contribution in [0.4, 0.5) is 10.1 Å². The van der Waals surface area contributed by atoms with Crippen molar-refractivity contribution in [1.29, 1.82) is 0 Å². The molecule has 0 bridgehead atoms. The van der Waals surface area contributed by atoms with Crippen LogP contribution in [0.2, 0.25) is 0 Å². The highest BCUT2D eigenvalue weighted by Crippen LogP contribution is 2.21. The first kappa shape index (κ1) is 14.0. The summed E-state index contributed by atoms with van der Waals surface area (Å²) in [4.78, 5) is 12.2. The highest BCUT2D eigenvalue weighted by molar-refractivity contribution is 6.04. The minimum Gasteiger partial charge on any atom is -0.322 e. The Morgan fingerprint density at radius 3 is 2.77 bits per heavy atom. The van der Waals surface area contributed by atoms with Gasteiger partial charge in [0.2, 0.25) is 0 Å². The number of hydrogen-bond donors (Lipinski definition) is 2. The second kappa shape index (κ2) is 5.81. The van der Waals surface area contributed by atoms with E-state index in [1.807, 2.05) is 24.3 Å². The summed E-state index contributed by atoms with van der Waals surface area (Å²) in [5.74, 6) is -0.737. The van der Waals surface area contributed by atoms with Gasteiger partial charge in [-0.15, -0.1) is 0 Å². The Kier molecular flexibility index (Phi) is 3.70. The van der Waals surface area contributed by atoms with Gasteiger partial charge >= 0.3 is 0 Å². The number of benzene rings is 2. The first-order valence-corrected chi connectivity index (χ1v) is 6.81. The minimum atomic E-state index is -0.390. The predicted molar refractivity (Wildman–Crippen MR) is 83.1 cm³/mol. The molecule has 0 atom stereocenters. The second-order valence-electron chi connectivity index (χ2n) is 4.97. The molecule has 0 spiro atoms. The summed E-state index contributed by atoms with van der Waals surface area (Å²) in [7, 11) is 0. The molecule has 0 aliphatic rings. The molecule has 0 fully saturated rings. The van der Waals surface area contributed by atoms with Gasteiger partial charge in [0, 0.05) is 23.0 Å². The zero-order valence-corrected chi connectivity index (χ0v) is 11.9. The van der Waals surface area contributed by atoms with E-state index in [1.165, 1.54) is 6.07 Å². The van der Waals surface area contributed by atoms with E-state index >= 15 is 0 Å². The Bertz CT molecular complexity index is 813. The lowest BCUT2D eigenvalue weighted by Gasteiger charge is -2.07. The Morgan fingerprint density at radius 1 is 1.18 bits per heavy atom. The maximum absolute atomic E-state index is 13.5. The van der Waals surface area contributed by atoms with Crippen LogP contribution in [0.25, 0.3) is 11.3 Å². The zero-order chi connectivity index (χ0) is 15.5. The number of anilines is 1. The van der Waals surface area contributed by atoms with Gasteiger partial charge in [0.15, 0.2) is 0 Å². The van der Waals surface area contributed by atoms with Crippen LogP contribution in [0.15, 0.2) is 54.7 Å². The van der Waals surface area contributed by atoms with Gasteiger partial charge in [-0.2, -0.15) is 5.10 Å². The predicted octanol–water partition coefficient (Wildman–Crippen LogP) is 3.78. The van der Waals surface area contributed by atoms with Crippen molar-refractivity contribution in [2.24, 2.45) is 0 Å². The molecule has 1 heterocycles. The Balaban J connectivity index is 1.82. The Morgan fingerprint density at radius 2 is 2.05 bits per heavy atom. The van der Waals surface area contributed by atoms with Crippen LogP contribution in [-0.4, -0.2) is 16.1 Å². The van der Waals surface area contributed by atoms with Crippen molar-refractivity contribution in [2.45, 2.75) is 6.92 Å². The quantitative estimate of drug-likeness (QED) is 0.772. The molecule has 1 amide bonds. The van der Waals surface area contributed by atoms with Crippen molar-refractivity contribution < 1.29 is 9.18 Å². The first-order chi connectivity index (χ1) is 10.6. The van der Waals surface area contributed by atoms with Crippen LogP contribution in [0.5, 0.6) is 0 Å². The van der Waals surface area contributed by atoms with Crippen LogP contribution >= 0.6 is 0 Å². The highest BCUT2D eigenvalue weighted by Gasteiger charge is 2.09.